The second-order valence-corrected chi connectivity index (χ2v) is 3.69. The highest BCUT2D eigenvalue weighted by atomic mass is 32.2. The maximum Gasteiger partial charge on any atom is 0.0205 e. The van der Waals surface area contributed by atoms with E-state index < -0.39 is 0 Å². The first-order valence-corrected chi connectivity index (χ1v) is 4.68. The van der Waals surface area contributed by atoms with Crippen molar-refractivity contribution in [2.45, 2.75) is 16.7 Å². The van der Waals surface area contributed by atoms with Gasteiger partial charge in [0.25, 0.3) is 0 Å². The Morgan fingerprint density at radius 1 is 1.40 bits per heavy atom. The van der Waals surface area contributed by atoms with Crippen molar-refractivity contribution in [1.29, 1.82) is 0 Å². The molecule has 0 saturated carbocycles. The summed E-state index contributed by atoms with van der Waals surface area (Å²) in [5.41, 5.74) is 0. The summed E-state index contributed by atoms with van der Waals surface area (Å²) in [5, 5.41) is 0. The maximum absolute atomic E-state index is 4.31. The van der Waals surface area contributed by atoms with Gasteiger partial charge in [-0.15, -0.1) is 24.4 Å². The van der Waals surface area contributed by atoms with E-state index in [-0.39, 0.29) is 0 Å². The van der Waals surface area contributed by atoms with Gasteiger partial charge in [0.1, 0.15) is 0 Å². The zero-order valence-corrected chi connectivity index (χ0v) is 7.58. The molecule has 0 radical (unpaired) electrons. The van der Waals surface area contributed by atoms with Crippen LogP contribution in [0.4, 0.5) is 0 Å². The van der Waals surface area contributed by atoms with Crippen molar-refractivity contribution in [3.05, 3.63) is 24.3 Å². The number of thiol groups is 1. The van der Waals surface area contributed by atoms with Gasteiger partial charge < -0.3 is 0 Å². The van der Waals surface area contributed by atoms with Gasteiger partial charge in [0.05, 0.1) is 0 Å². The van der Waals surface area contributed by atoms with Crippen molar-refractivity contribution in [2.24, 2.45) is 0 Å². The fourth-order valence-corrected chi connectivity index (χ4v) is 1.79. The minimum Gasteiger partial charge on any atom is -0.142 e. The van der Waals surface area contributed by atoms with Crippen LogP contribution in [0.25, 0.3) is 0 Å². The number of thioether (sulfide) groups is 1. The Labute approximate surface area is 71.4 Å². The molecule has 0 saturated heterocycles. The molecule has 0 nitrogen and oxygen atoms in total. The molecule has 0 unspecified atom stereocenters. The fourth-order valence-electron chi connectivity index (χ4n) is 0.735. The van der Waals surface area contributed by atoms with Gasteiger partial charge in [0.15, 0.2) is 0 Å². The molecule has 2 heteroatoms. The molecule has 0 atom stereocenters. The van der Waals surface area contributed by atoms with Gasteiger partial charge in [-0.3, -0.25) is 0 Å². The molecule has 0 spiro atoms. The molecule has 1 aromatic rings. The summed E-state index contributed by atoms with van der Waals surface area (Å²) in [4.78, 5) is 2.35. The Kier molecular flexibility index (Phi) is 3.16. The van der Waals surface area contributed by atoms with E-state index in [1.165, 1.54) is 4.90 Å². The third kappa shape index (κ3) is 1.96. The predicted octanol–water partition coefficient (Wildman–Crippen LogP) is 3.09. The minimum absolute atomic E-state index is 1.08. The van der Waals surface area contributed by atoms with E-state index in [9.17, 15) is 0 Å². The molecule has 0 aromatic heterocycles. The van der Waals surface area contributed by atoms with Crippen molar-refractivity contribution >= 4 is 24.4 Å². The van der Waals surface area contributed by atoms with Crippen molar-refractivity contribution in [3.8, 4) is 0 Å². The monoisotopic (exact) mass is 170 g/mol. The Bertz CT molecular complexity index is 208. The van der Waals surface area contributed by atoms with Crippen LogP contribution in [0.15, 0.2) is 34.1 Å². The number of hydrogen-bond donors (Lipinski definition) is 1. The molecule has 0 aliphatic carbocycles. The minimum atomic E-state index is 1.08. The molecule has 0 amide bonds. The summed E-state index contributed by atoms with van der Waals surface area (Å²) in [7, 11) is 0. The highest BCUT2D eigenvalue weighted by molar-refractivity contribution is 7.99. The van der Waals surface area contributed by atoms with E-state index in [4.69, 9.17) is 0 Å². The van der Waals surface area contributed by atoms with E-state index in [0.717, 1.165) is 10.6 Å². The Balaban J connectivity index is 2.81. The molecule has 0 aliphatic heterocycles. The number of hydrogen-bond acceptors (Lipinski definition) is 2. The smallest absolute Gasteiger partial charge is 0.0205 e. The molecule has 10 heavy (non-hydrogen) atoms. The second kappa shape index (κ2) is 3.94. The highest BCUT2D eigenvalue weighted by Gasteiger charge is 1.93. The first kappa shape index (κ1) is 8.02. The average molecular weight is 170 g/mol. The molecule has 1 aromatic carbocycles. The van der Waals surface area contributed by atoms with Gasteiger partial charge in [0, 0.05) is 9.79 Å². The lowest BCUT2D eigenvalue weighted by Crippen LogP contribution is -1.73. The zero-order chi connectivity index (χ0) is 7.40. The van der Waals surface area contributed by atoms with E-state index >= 15 is 0 Å². The van der Waals surface area contributed by atoms with Gasteiger partial charge in [-0.1, -0.05) is 19.1 Å². The number of benzene rings is 1. The van der Waals surface area contributed by atoms with Gasteiger partial charge in [-0.2, -0.15) is 0 Å². The predicted molar refractivity (Wildman–Crippen MR) is 50.1 cm³/mol. The van der Waals surface area contributed by atoms with Crippen LogP contribution >= 0.6 is 24.4 Å². The SMILES string of the molecule is CCSc1ccccc1S. The fraction of sp³-hybridized carbons (Fsp3) is 0.250. The lowest BCUT2D eigenvalue weighted by molar-refractivity contribution is 1.25. The van der Waals surface area contributed by atoms with Crippen molar-refractivity contribution in [1.82, 2.24) is 0 Å². The normalized spacial score (nSPS) is 9.80. The first-order chi connectivity index (χ1) is 4.84. The quantitative estimate of drug-likeness (QED) is 0.525. The molecule has 0 N–H and O–H groups in total. The average Bonchev–Trinajstić information content (AvgIpc) is 1.94. The lowest BCUT2D eigenvalue weighted by atomic mass is 10.4. The third-order valence-corrected chi connectivity index (χ3v) is 2.66. The van der Waals surface area contributed by atoms with Crippen LogP contribution in [0.2, 0.25) is 0 Å². The van der Waals surface area contributed by atoms with E-state index in [2.05, 4.69) is 25.6 Å². The van der Waals surface area contributed by atoms with E-state index in [0.29, 0.717) is 0 Å². The van der Waals surface area contributed by atoms with Crippen molar-refractivity contribution in [2.75, 3.05) is 5.75 Å². The van der Waals surface area contributed by atoms with E-state index in [1.54, 1.807) is 0 Å². The molecular weight excluding hydrogens is 160 g/mol. The van der Waals surface area contributed by atoms with Crippen LogP contribution in [-0.4, -0.2) is 5.75 Å². The maximum atomic E-state index is 4.31. The molecular formula is C8H10S2. The number of rotatable bonds is 2. The summed E-state index contributed by atoms with van der Waals surface area (Å²) in [6, 6.07) is 8.15. The van der Waals surface area contributed by atoms with Crippen LogP contribution in [0, 0.1) is 0 Å². The molecule has 0 fully saturated rings. The second-order valence-electron chi connectivity index (χ2n) is 1.90. The van der Waals surface area contributed by atoms with E-state index in [1.807, 2.05) is 30.0 Å². The van der Waals surface area contributed by atoms with Crippen LogP contribution in [-0.2, 0) is 0 Å². The summed E-state index contributed by atoms with van der Waals surface area (Å²) < 4.78 is 0. The highest BCUT2D eigenvalue weighted by Crippen LogP contribution is 2.24. The van der Waals surface area contributed by atoms with Gasteiger partial charge in [-0.25, -0.2) is 0 Å². The summed E-state index contributed by atoms with van der Waals surface area (Å²) in [5.74, 6) is 1.11. The Morgan fingerprint density at radius 3 is 2.70 bits per heavy atom. The van der Waals surface area contributed by atoms with Gasteiger partial charge in [0.2, 0.25) is 0 Å². The standard InChI is InChI=1S/C8H10S2/c1-2-10-8-6-4-3-5-7(8)9/h3-6,9H,2H2,1H3. The largest absolute Gasteiger partial charge is 0.142 e. The molecule has 1 rings (SSSR count). The Hall–Kier alpha value is -0.0800. The topological polar surface area (TPSA) is 0 Å². The Morgan fingerprint density at radius 2 is 2.10 bits per heavy atom. The molecule has 0 aliphatic rings. The molecule has 0 heterocycles. The van der Waals surface area contributed by atoms with Crippen LogP contribution < -0.4 is 0 Å². The summed E-state index contributed by atoms with van der Waals surface area (Å²) >= 11 is 6.14. The summed E-state index contributed by atoms with van der Waals surface area (Å²) in [6.07, 6.45) is 0. The molecule has 54 valence electrons. The summed E-state index contributed by atoms with van der Waals surface area (Å²) in [6.45, 7) is 2.14. The van der Waals surface area contributed by atoms with Gasteiger partial charge >= 0.3 is 0 Å². The van der Waals surface area contributed by atoms with Crippen LogP contribution in [0.1, 0.15) is 6.92 Å². The van der Waals surface area contributed by atoms with Crippen molar-refractivity contribution < 1.29 is 0 Å². The van der Waals surface area contributed by atoms with Crippen LogP contribution in [0.5, 0.6) is 0 Å². The van der Waals surface area contributed by atoms with Crippen LogP contribution in [0.3, 0.4) is 0 Å². The van der Waals surface area contributed by atoms with Crippen molar-refractivity contribution in [3.63, 3.8) is 0 Å². The first-order valence-electron chi connectivity index (χ1n) is 3.25. The van der Waals surface area contributed by atoms with Gasteiger partial charge in [-0.05, 0) is 17.9 Å². The lowest BCUT2D eigenvalue weighted by Gasteiger charge is -1.99. The zero-order valence-electron chi connectivity index (χ0n) is 5.87. The third-order valence-electron chi connectivity index (χ3n) is 1.17. The molecule has 0 bridgehead atoms.